The van der Waals surface area contributed by atoms with Crippen LogP contribution in [0.2, 0.25) is 9.36 Å². The number of benzene rings is 1. The third-order valence-corrected chi connectivity index (χ3v) is 4.05. The molecule has 0 saturated carbocycles. The minimum atomic E-state index is -0.341. The highest BCUT2D eigenvalue weighted by molar-refractivity contribution is 7.18. The molecule has 0 bridgehead atoms. The molecule has 0 aliphatic carbocycles. The van der Waals surface area contributed by atoms with E-state index >= 15 is 0 Å². The fraction of sp³-hybridized carbons (Fsp3) is 0.143. The maximum absolute atomic E-state index is 11.6. The average molecular weight is 343 g/mol. The number of hydrogen-bond donors (Lipinski definition) is 1. The third kappa shape index (κ3) is 5.04. The summed E-state index contributed by atoms with van der Waals surface area (Å²) >= 11 is 13.0. The van der Waals surface area contributed by atoms with Crippen molar-refractivity contribution in [3.8, 4) is 5.75 Å². The fourth-order valence-corrected chi connectivity index (χ4v) is 2.54. The van der Waals surface area contributed by atoms with Crippen molar-refractivity contribution < 1.29 is 9.53 Å². The number of nitrogens with one attached hydrogen (secondary N) is 1. The lowest BCUT2D eigenvalue weighted by Crippen LogP contribution is -2.25. The van der Waals surface area contributed by atoms with Crippen LogP contribution >= 0.6 is 34.5 Å². The van der Waals surface area contributed by atoms with E-state index in [2.05, 4.69) is 10.5 Å². The number of thiophene rings is 1. The minimum absolute atomic E-state index is 0.121. The summed E-state index contributed by atoms with van der Waals surface area (Å²) in [6, 6.07) is 10.4. The van der Waals surface area contributed by atoms with E-state index < -0.39 is 0 Å². The van der Waals surface area contributed by atoms with Crippen molar-refractivity contribution in [2.45, 2.75) is 6.92 Å². The number of halogens is 2. The van der Waals surface area contributed by atoms with Gasteiger partial charge in [0.25, 0.3) is 5.91 Å². The van der Waals surface area contributed by atoms with E-state index in [-0.39, 0.29) is 12.5 Å². The Hall–Kier alpha value is -1.56. The number of ether oxygens (including phenoxy) is 1. The van der Waals surface area contributed by atoms with Gasteiger partial charge in [-0.3, -0.25) is 4.79 Å². The Bertz CT molecular complexity index is 653. The van der Waals surface area contributed by atoms with E-state index in [4.69, 9.17) is 27.9 Å². The minimum Gasteiger partial charge on any atom is -0.484 e. The second-order valence-corrected chi connectivity index (χ2v) is 6.23. The van der Waals surface area contributed by atoms with Crippen molar-refractivity contribution in [3.05, 3.63) is 50.6 Å². The number of hydrogen-bond acceptors (Lipinski definition) is 4. The molecule has 1 amide bonds. The molecule has 0 spiro atoms. The fourth-order valence-electron chi connectivity index (χ4n) is 1.42. The summed E-state index contributed by atoms with van der Waals surface area (Å²) in [6.45, 7) is 1.67. The smallest absolute Gasteiger partial charge is 0.277 e. The van der Waals surface area contributed by atoms with Crippen molar-refractivity contribution in [1.29, 1.82) is 0 Å². The summed E-state index contributed by atoms with van der Waals surface area (Å²) in [5, 5.41) is 4.61. The largest absolute Gasteiger partial charge is 0.484 e. The highest BCUT2D eigenvalue weighted by Gasteiger charge is 2.04. The van der Waals surface area contributed by atoms with Crippen LogP contribution < -0.4 is 10.2 Å². The van der Waals surface area contributed by atoms with Gasteiger partial charge in [-0.15, -0.1) is 11.3 Å². The Balaban J connectivity index is 1.83. The zero-order valence-electron chi connectivity index (χ0n) is 11.1. The van der Waals surface area contributed by atoms with Crippen molar-refractivity contribution in [3.63, 3.8) is 0 Å². The monoisotopic (exact) mass is 342 g/mol. The van der Waals surface area contributed by atoms with Gasteiger partial charge in [0.1, 0.15) is 5.75 Å². The zero-order chi connectivity index (χ0) is 15.2. The van der Waals surface area contributed by atoms with E-state index in [0.717, 1.165) is 4.88 Å². The molecule has 21 heavy (non-hydrogen) atoms. The molecule has 1 aromatic heterocycles. The molecule has 110 valence electrons. The van der Waals surface area contributed by atoms with Gasteiger partial charge in [-0.25, -0.2) is 5.43 Å². The SMILES string of the molecule is C/C(=N\NC(=O)COc1ccc(Cl)cc1)c1ccc(Cl)s1. The Morgan fingerprint density at radius 2 is 1.95 bits per heavy atom. The maximum Gasteiger partial charge on any atom is 0.277 e. The third-order valence-electron chi connectivity index (χ3n) is 2.46. The topological polar surface area (TPSA) is 50.7 Å². The number of hydrazone groups is 1. The van der Waals surface area contributed by atoms with Crippen LogP contribution in [-0.2, 0) is 4.79 Å². The van der Waals surface area contributed by atoms with E-state index in [1.165, 1.54) is 11.3 Å². The van der Waals surface area contributed by atoms with E-state index in [9.17, 15) is 4.79 Å². The summed E-state index contributed by atoms with van der Waals surface area (Å²) in [4.78, 5) is 12.5. The van der Waals surface area contributed by atoms with Crippen LogP contribution in [0.25, 0.3) is 0 Å². The maximum atomic E-state index is 11.6. The molecule has 0 unspecified atom stereocenters. The molecule has 4 nitrogen and oxygen atoms in total. The summed E-state index contributed by atoms with van der Waals surface area (Å²) < 4.78 is 5.98. The summed E-state index contributed by atoms with van der Waals surface area (Å²) in [6.07, 6.45) is 0. The van der Waals surface area contributed by atoms with Gasteiger partial charge in [0.15, 0.2) is 6.61 Å². The molecule has 0 aliphatic rings. The molecule has 1 N–H and O–H groups in total. The number of rotatable bonds is 5. The molecule has 2 aromatic rings. The summed E-state index contributed by atoms with van der Waals surface area (Å²) in [7, 11) is 0. The Kier molecular flexibility index (Phi) is 5.61. The molecule has 0 fully saturated rings. The summed E-state index contributed by atoms with van der Waals surface area (Å²) in [5.74, 6) is 0.229. The molecule has 0 atom stereocenters. The van der Waals surface area contributed by atoms with Gasteiger partial charge in [-0.2, -0.15) is 5.10 Å². The number of carbonyl (C=O) groups is 1. The quantitative estimate of drug-likeness (QED) is 0.660. The molecular formula is C14H12Cl2N2O2S. The second kappa shape index (κ2) is 7.45. The highest BCUT2D eigenvalue weighted by Crippen LogP contribution is 2.21. The average Bonchev–Trinajstić information content (AvgIpc) is 2.91. The molecule has 1 aromatic carbocycles. The van der Waals surface area contributed by atoms with E-state index in [1.807, 2.05) is 6.07 Å². The van der Waals surface area contributed by atoms with Gasteiger partial charge in [-0.1, -0.05) is 23.2 Å². The lowest BCUT2D eigenvalue weighted by atomic mass is 10.3. The lowest BCUT2D eigenvalue weighted by Gasteiger charge is -2.05. The predicted molar refractivity (Wildman–Crippen MR) is 86.6 cm³/mol. The van der Waals surface area contributed by atoms with Crippen LogP contribution in [0.4, 0.5) is 0 Å². The molecule has 2 rings (SSSR count). The Labute approximate surface area is 136 Å². The van der Waals surface area contributed by atoms with Gasteiger partial charge in [0, 0.05) is 5.02 Å². The number of nitrogens with zero attached hydrogens (tertiary/aromatic N) is 1. The van der Waals surface area contributed by atoms with Crippen molar-refractivity contribution >= 4 is 46.2 Å². The normalized spacial score (nSPS) is 11.3. The van der Waals surface area contributed by atoms with Crippen LogP contribution in [0.1, 0.15) is 11.8 Å². The van der Waals surface area contributed by atoms with Gasteiger partial charge < -0.3 is 4.74 Å². The van der Waals surface area contributed by atoms with Crippen LogP contribution in [0.5, 0.6) is 5.75 Å². The summed E-state index contributed by atoms with van der Waals surface area (Å²) in [5.41, 5.74) is 3.12. The lowest BCUT2D eigenvalue weighted by molar-refractivity contribution is -0.123. The Morgan fingerprint density at radius 1 is 1.24 bits per heavy atom. The van der Waals surface area contributed by atoms with Crippen LogP contribution in [0.3, 0.4) is 0 Å². The second-order valence-electron chi connectivity index (χ2n) is 4.08. The van der Waals surface area contributed by atoms with Crippen LogP contribution in [0, 0.1) is 0 Å². The van der Waals surface area contributed by atoms with Crippen LogP contribution in [-0.4, -0.2) is 18.2 Å². The Morgan fingerprint density at radius 3 is 2.57 bits per heavy atom. The number of amides is 1. The van der Waals surface area contributed by atoms with E-state index in [0.29, 0.717) is 20.8 Å². The molecule has 7 heteroatoms. The van der Waals surface area contributed by atoms with Crippen molar-refractivity contribution in [2.24, 2.45) is 5.10 Å². The first-order chi connectivity index (χ1) is 10.0. The van der Waals surface area contributed by atoms with Gasteiger partial charge in [-0.05, 0) is 43.3 Å². The first-order valence-corrected chi connectivity index (χ1v) is 7.59. The molecule has 1 heterocycles. The standard InChI is InChI=1S/C14H12Cl2N2O2S/c1-9(12-6-7-13(16)21-12)17-18-14(19)8-20-11-4-2-10(15)3-5-11/h2-7H,8H2,1H3,(H,18,19)/b17-9+. The number of carbonyl (C=O) groups excluding carboxylic acids is 1. The molecule has 0 saturated heterocycles. The zero-order valence-corrected chi connectivity index (χ0v) is 13.4. The predicted octanol–water partition coefficient (Wildman–Crippen LogP) is 3.97. The van der Waals surface area contributed by atoms with Crippen molar-refractivity contribution in [1.82, 2.24) is 5.43 Å². The molecule has 0 radical (unpaired) electrons. The first kappa shape index (κ1) is 15.8. The molecular weight excluding hydrogens is 331 g/mol. The van der Waals surface area contributed by atoms with Crippen LogP contribution in [0.15, 0.2) is 41.5 Å². The highest BCUT2D eigenvalue weighted by atomic mass is 35.5. The molecule has 0 aliphatic heterocycles. The first-order valence-electron chi connectivity index (χ1n) is 6.02. The van der Waals surface area contributed by atoms with Gasteiger partial charge in [0.2, 0.25) is 0 Å². The van der Waals surface area contributed by atoms with Crippen molar-refractivity contribution in [2.75, 3.05) is 6.61 Å². The van der Waals surface area contributed by atoms with E-state index in [1.54, 1.807) is 37.3 Å². The van der Waals surface area contributed by atoms with Gasteiger partial charge in [0.05, 0.1) is 14.9 Å². The van der Waals surface area contributed by atoms with Gasteiger partial charge >= 0.3 is 0 Å².